The molecule has 1 atom stereocenters. The van der Waals surface area contributed by atoms with Crippen LogP contribution in [0.15, 0.2) is 42.5 Å². The molecule has 0 aliphatic heterocycles. The van der Waals surface area contributed by atoms with Gasteiger partial charge in [0.25, 0.3) is 0 Å². The minimum atomic E-state index is -0.531. The molecule has 0 amide bonds. The zero-order chi connectivity index (χ0) is 15.2. The molecule has 2 aromatic rings. The monoisotopic (exact) mass is 308 g/mol. The van der Waals surface area contributed by atoms with Gasteiger partial charge in [0.15, 0.2) is 0 Å². The van der Waals surface area contributed by atoms with Crippen molar-refractivity contribution in [3.8, 4) is 5.75 Å². The molecule has 112 valence electrons. The predicted octanol–water partition coefficient (Wildman–Crippen LogP) is 3.82. The van der Waals surface area contributed by atoms with Gasteiger partial charge in [0.1, 0.15) is 11.6 Å². The lowest BCUT2D eigenvalue weighted by atomic mass is 9.98. The zero-order valence-electron chi connectivity index (χ0n) is 11.8. The molecule has 0 heterocycles. The lowest BCUT2D eigenvalue weighted by Crippen LogP contribution is -2.30. The van der Waals surface area contributed by atoms with Gasteiger partial charge in [0, 0.05) is 11.1 Å². The first kappa shape index (κ1) is 15.8. The topological polar surface area (TPSA) is 47.3 Å². The average molecular weight is 309 g/mol. The van der Waals surface area contributed by atoms with Crippen LogP contribution in [-0.2, 0) is 0 Å². The Morgan fingerprint density at radius 1 is 1.19 bits per heavy atom. The quantitative estimate of drug-likeness (QED) is 0.630. The van der Waals surface area contributed by atoms with Crippen molar-refractivity contribution in [2.24, 2.45) is 5.84 Å². The Morgan fingerprint density at radius 2 is 1.90 bits per heavy atom. The molecule has 0 spiro atoms. The van der Waals surface area contributed by atoms with E-state index in [1.165, 1.54) is 6.07 Å². The average Bonchev–Trinajstić information content (AvgIpc) is 2.51. The highest BCUT2D eigenvalue weighted by Crippen LogP contribution is 2.32. The fourth-order valence-electron chi connectivity index (χ4n) is 2.15. The summed E-state index contributed by atoms with van der Waals surface area (Å²) in [6.45, 7) is 2.62. The van der Waals surface area contributed by atoms with Gasteiger partial charge in [-0.2, -0.15) is 0 Å². The lowest BCUT2D eigenvalue weighted by Gasteiger charge is -2.21. The molecule has 0 aliphatic rings. The molecule has 0 aromatic heterocycles. The smallest absolute Gasteiger partial charge is 0.146 e. The first-order valence-corrected chi connectivity index (χ1v) is 7.18. The van der Waals surface area contributed by atoms with E-state index < -0.39 is 11.9 Å². The molecule has 3 nitrogen and oxygen atoms in total. The van der Waals surface area contributed by atoms with Gasteiger partial charge in [-0.25, -0.2) is 9.82 Å². The van der Waals surface area contributed by atoms with Crippen LogP contribution < -0.4 is 16.0 Å². The van der Waals surface area contributed by atoms with Crippen molar-refractivity contribution in [3.05, 3.63) is 64.4 Å². The molecule has 0 fully saturated rings. The number of hydrogen-bond acceptors (Lipinski definition) is 3. The van der Waals surface area contributed by atoms with E-state index in [4.69, 9.17) is 22.2 Å². The number of rotatable bonds is 6. The number of ether oxygens (including phenoxy) is 1. The Balaban J connectivity index is 2.44. The molecule has 3 N–H and O–H groups in total. The molecule has 0 bridgehead atoms. The summed E-state index contributed by atoms with van der Waals surface area (Å²) in [6, 6.07) is 11.8. The molecule has 0 radical (unpaired) electrons. The molecule has 0 saturated heterocycles. The van der Waals surface area contributed by atoms with Crippen LogP contribution in [0.3, 0.4) is 0 Å². The lowest BCUT2D eigenvalue weighted by molar-refractivity contribution is 0.311. The van der Waals surface area contributed by atoms with E-state index in [1.807, 2.05) is 31.2 Å². The van der Waals surface area contributed by atoms with Crippen LogP contribution in [0.2, 0.25) is 5.02 Å². The highest BCUT2D eigenvalue weighted by molar-refractivity contribution is 6.30. The van der Waals surface area contributed by atoms with Crippen molar-refractivity contribution in [3.63, 3.8) is 0 Å². The number of benzene rings is 2. The van der Waals surface area contributed by atoms with Gasteiger partial charge in [-0.1, -0.05) is 48.9 Å². The SMILES string of the molecule is CCCOc1ccccc1C(NN)c1cccc(Cl)c1F. The number of hydrazine groups is 1. The van der Waals surface area contributed by atoms with Crippen LogP contribution in [0.25, 0.3) is 0 Å². The van der Waals surface area contributed by atoms with Gasteiger partial charge >= 0.3 is 0 Å². The van der Waals surface area contributed by atoms with E-state index in [-0.39, 0.29) is 5.02 Å². The Hall–Kier alpha value is -1.62. The molecule has 2 rings (SSSR count). The number of para-hydroxylation sites is 1. The highest BCUT2D eigenvalue weighted by atomic mass is 35.5. The summed E-state index contributed by atoms with van der Waals surface area (Å²) in [4.78, 5) is 0. The Kier molecular flexibility index (Phi) is 5.56. The summed E-state index contributed by atoms with van der Waals surface area (Å²) in [6.07, 6.45) is 0.889. The molecule has 5 heteroatoms. The van der Waals surface area contributed by atoms with Crippen LogP contribution in [0.1, 0.15) is 30.5 Å². The normalized spacial score (nSPS) is 12.2. The molecule has 0 aliphatic carbocycles. The summed E-state index contributed by atoms with van der Waals surface area (Å²) in [5.41, 5.74) is 3.80. The van der Waals surface area contributed by atoms with Gasteiger partial charge in [-0.15, -0.1) is 0 Å². The second-order valence-corrected chi connectivity index (χ2v) is 5.04. The van der Waals surface area contributed by atoms with Gasteiger partial charge in [0.05, 0.1) is 17.7 Å². The third-order valence-electron chi connectivity index (χ3n) is 3.15. The van der Waals surface area contributed by atoms with Crippen LogP contribution in [-0.4, -0.2) is 6.61 Å². The van der Waals surface area contributed by atoms with Gasteiger partial charge in [-0.3, -0.25) is 5.84 Å². The number of halogens is 2. The van der Waals surface area contributed by atoms with Crippen LogP contribution in [0.4, 0.5) is 4.39 Å². The summed E-state index contributed by atoms with van der Waals surface area (Å²) < 4.78 is 19.9. The largest absolute Gasteiger partial charge is 0.493 e. The summed E-state index contributed by atoms with van der Waals surface area (Å²) in [7, 11) is 0. The minimum absolute atomic E-state index is 0.0692. The fraction of sp³-hybridized carbons (Fsp3) is 0.250. The van der Waals surface area contributed by atoms with Crippen molar-refractivity contribution < 1.29 is 9.13 Å². The maximum atomic E-state index is 14.2. The maximum Gasteiger partial charge on any atom is 0.146 e. The number of nitrogens with one attached hydrogen (secondary N) is 1. The van der Waals surface area contributed by atoms with Crippen molar-refractivity contribution in [2.45, 2.75) is 19.4 Å². The van der Waals surface area contributed by atoms with Crippen LogP contribution in [0.5, 0.6) is 5.75 Å². The summed E-state index contributed by atoms with van der Waals surface area (Å²) >= 11 is 5.85. The molecule has 21 heavy (non-hydrogen) atoms. The van der Waals surface area contributed by atoms with Crippen molar-refractivity contribution >= 4 is 11.6 Å². The van der Waals surface area contributed by atoms with Crippen molar-refractivity contribution in [1.29, 1.82) is 0 Å². The summed E-state index contributed by atoms with van der Waals surface area (Å²) in [5, 5.41) is 0.0692. The third kappa shape index (κ3) is 3.53. The van der Waals surface area contributed by atoms with Crippen LogP contribution >= 0.6 is 11.6 Å². The summed E-state index contributed by atoms with van der Waals surface area (Å²) in [5.74, 6) is 5.84. The van der Waals surface area contributed by atoms with Crippen molar-refractivity contribution in [2.75, 3.05) is 6.61 Å². The molecule has 0 saturated carbocycles. The first-order chi connectivity index (χ1) is 10.2. The minimum Gasteiger partial charge on any atom is -0.493 e. The first-order valence-electron chi connectivity index (χ1n) is 6.80. The Morgan fingerprint density at radius 3 is 2.62 bits per heavy atom. The van der Waals surface area contributed by atoms with E-state index >= 15 is 0 Å². The maximum absolute atomic E-state index is 14.2. The van der Waals surface area contributed by atoms with Crippen LogP contribution in [0, 0.1) is 5.82 Å². The molecule has 2 aromatic carbocycles. The van der Waals surface area contributed by atoms with E-state index in [9.17, 15) is 4.39 Å². The highest BCUT2D eigenvalue weighted by Gasteiger charge is 2.21. The number of nitrogens with two attached hydrogens (primary N) is 1. The third-order valence-corrected chi connectivity index (χ3v) is 3.44. The zero-order valence-corrected chi connectivity index (χ0v) is 12.5. The molecular weight excluding hydrogens is 291 g/mol. The van der Waals surface area contributed by atoms with E-state index in [1.54, 1.807) is 12.1 Å². The second kappa shape index (κ2) is 7.41. The molecular formula is C16H18ClFN2O. The number of hydrogen-bond donors (Lipinski definition) is 2. The Labute approximate surface area is 128 Å². The fourth-order valence-corrected chi connectivity index (χ4v) is 2.33. The second-order valence-electron chi connectivity index (χ2n) is 4.63. The van der Waals surface area contributed by atoms with Gasteiger partial charge < -0.3 is 4.74 Å². The van der Waals surface area contributed by atoms with E-state index in [0.717, 1.165) is 12.0 Å². The van der Waals surface area contributed by atoms with Crippen molar-refractivity contribution in [1.82, 2.24) is 5.43 Å². The predicted molar refractivity (Wildman–Crippen MR) is 82.8 cm³/mol. The van der Waals surface area contributed by atoms with E-state index in [0.29, 0.717) is 17.9 Å². The van der Waals surface area contributed by atoms with E-state index in [2.05, 4.69) is 5.43 Å². The van der Waals surface area contributed by atoms with Gasteiger partial charge in [-0.05, 0) is 18.6 Å². The van der Waals surface area contributed by atoms with Gasteiger partial charge in [0.2, 0.25) is 0 Å². The standard InChI is InChI=1S/C16H18ClFN2O/c1-2-10-21-14-9-4-3-6-11(14)16(20-19)12-7-5-8-13(17)15(12)18/h3-9,16,20H,2,10,19H2,1H3. The molecule has 1 unspecified atom stereocenters. The Bertz CT molecular complexity index is 607.